The molecule has 0 amide bonds. The van der Waals surface area contributed by atoms with E-state index in [1.807, 2.05) is 19.9 Å². The molecule has 0 saturated carbocycles. The summed E-state index contributed by atoms with van der Waals surface area (Å²) in [6.07, 6.45) is 1.51. The van der Waals surface area contributed by atoms with Crippen LogP contribution < -0.4 is 0 Å². The summed E-state index contributed by atoms with van der Waals surface area (Å²) in [6.45, 7) is 4.06. The highest BCUT2D eigenvalue weighted by Gasteiger charge is 2.07. The summed E-state index contributed by atoms with van der Waals surface area (Å²) >= 11 is 0. The average molecular weight is 178 g/mol. The van der Waals surface area contributed by atoms with Gasteiger partial charge in [0.05, 0.1) is 11.6 Å². The predicted molar refractivity (Wildman–Crippen MR) is 50.3 cm³/mol. The molecule has 2 rings (SSSR count). The summed E-state index contributed by atoms with van der Waals surface area (Å²) in [5.41, 5.74) is 1.60. The lowest BCUT2D eigenvalue weighted by atomic mass is 10.0. The van der Waals surface area contributed by atoms with E-state index < -0.39 is 0 Å². The quantitative estimate of drug-likeness (QED) is 0.649. The van der Waals surface area contributed by atoms with Crippen molar-refractivity contribution in [1.29, 1.82) is 0 Å². The van der Waals surface area contributed by atoms with Gasteiger partial charge < -0.3 is 4.42 Å². The van der Waals surface area contributed by atoms with Crippen LogP contribution >= 0.6 is 0 Å². The molecule has 0 aliphatic carbocycles. The van der Waals surface area contributed by atoms with Gasteiger partial charge in [0.2, 0.25) is 0 Å². The predicted octanol–water partition coefficient (Wildman–Crippen LogP) is 3.70. The van der Waals surface area contributed by atoms with Crippen molar-refractivity contribution in [3.63, 3.8) is 0 Å². The Hall–Kier alpha value is -1.31. The molecule has 1 nitrogen and oxygen atoms in total. The van der Waals surface area contributed by atoms with Gasteiger partial charge in [-0.2, -0.15) is 0 Å². The minimum Gasteiger partial charge on any atom is -0.464 e. The Labute approximate surface area is 76.2 Å². The highest BCUT2D eigenvalue weighted by atomic mass is 19.1. The zero-order chi connectivity index (χ0) is 9.42. The average Bonchev–Trinajstić information content (AvgIpc) is 2.51. The molecule has 2 heteroatoms. The molecule has 13 heavy (non-hydrogen) atoms. The standard InChI is InChI=1S/C11H11FO/c1-7(2)8-5-10(12)9-3-4-13-11(9)6-8/h3-7H,1-2H3. The van der Waals surface area contributed by atoms with Crippen molar-refractivity contribution in [1.82, 2.24) is 0 Å². The molecule has 1 aromatic heterocycles. The van der Waals surface area contributed by atoms with Gasteiger partial charge in [0.1, 0.15) is 11.4 Å². The van der Waals surface area contributed by atoms with Crippen LogP contribution in [0.15, 0.2) is 28.9 Å². The van der Waals surface area contributed by atoms with E-state index in [2.05, 4.69) is 0 Å². The fraction of sp³-hybridized carbons (Fsp3) is 0.273. The van der Waals surface area contributed by atoms with Crippen LogP contribution in [0.3, 0.4) is 0 Å². The van der Waals surface area contributed by atoms with Crippen LogP contribution in [0.4, 0.5) is 4.39 Å². The molecule has 0 aliphatic rings. The Morgan fingerprint density at radius 2 is 2.08 bits per heavy atom. The van der Waals surface area contributed by atoms with E-state index in [0.29, 0.717) is 16.9 Å². The van der Waals surface area contributed by atoms with Crippen molar-refractivity contribution in [3.05, 3.63) is 35.8 Å². The van der Waals surface area contributed by atoms with Crippen LogP contribution in [0.1, 0.15) is 25.3 Å². The van der Waals surface area contributed by atoms with E-state index in [1.54, 1.807) is 12.1 Å². The zero-order valence-electron chi connectivity index (χ0n) is 7.67. The maximum absolute atomic E-state index is 13.4. The van der Waals surface area contributed by atoms with Crippen LogP contribution in [0.2, 0.25) is 0 Å². The highest BCUT2D eigenvalue weighted by Crippen LogP contribution is 2.24. The number of halogens is 1. The number of hydrogen-bond acceptors (Lipinski definition) is 1. The molecule has 0 radical (unpaired) electrons. The van der Waals surface area contributed by atoms with E-state index in [4.69, 9.17) is 4.42 Å². The summed E-state index contributed by atoms with van der Waals surface area (Å²) in [5, 5.41) is 0.560. The maximum Gasteiger partial charge on any atom is 0.137 e. The summed E-state index contributed by atoms with van der Waals surface area (Å²) in [7, 11) is 0. The van der Waals surface area contributed by atoms with Gasteiger partial charge in [-0.15, -0.1) is 0 Å². The molecule has 0 unspecified atom stereocenters. The molecule has 0 N–H and O–H groups in total. The molecule has 2 aromatic rings. The van der Waals surface area contributed by atoms with Crippen LogP contribution in [-0.4, -0.2) is 0 Å². The Kier molecular flexibility index (Phi) is 1.83. The second kappa shape index (κ2) is 2.87. The smallest absolute Gasteiger partial charge is 0.137 e. The van der Waals surface area contributed by atoms with Gasteiger partial charge in [-0.3, -0.25) is 0 Å². The molecule has 0 aliphatic heterocycles. The minimum atomic E-state index is -0.199. The normalized spacial score (nSPS) is 11.4. The van der Waals surface area contributed by atoms with E-state index >= 15 is 0 Å². The number of benzene rings is 1. The van der Waals surface area contributed by atoms with Gasteiger partial charge in [0.15, 0.2) is 0 Å². The monoisotopic (exact) mass is 178 g/mol. The third kappa shape index (κ3) is 1.32. The van der Waals surface area contributed by atoms with Crippen molar-refractivity contribution in [2.24, 2.45) is 0 Å². The summed E-state index contributed by atoms with van der Waals surface area (Å²) in [5.74, 6) is 0.124. The van der Waals surface area contributed by atoms with Crippen LogP contribution in [0.5, 0.6) is 0 Å². The first-order valence-electron chi connectivity index (χ1n) is 4.35. The molecule has 0 atom stereocenters. The van der Waals surface area contributed by atoms with Gasteiger partial charge in [0, 0.05) is 0 Å². The Morgan fingerprint density at radius 3 is 2.77 bits per heavy atom. The van der Waals surface area contributed by atoms with Crippen molar-refractivity contribution in [2.75, 3.05) is 0 Å². The van der Waals surface area contributed by atoms with Crippen molar-refractivity contribution in [2.45, 2.75) is 19.8 Å². The fourth-order valence-electron chi connectivity index (χ4n) is 1.38. The first-order valence-corrected chi connectivity index (χ1v) is 4.35. The summed E-state index contributed by atoms with van der Waals surface area (Å²) < 4.78 is 18.5. The first-order chi connectivity index (χ1) is 6.18. The van der Waals surface area contributed by atoms with Crippen molar-refractivity contribution >= 4 is 11.0 Å². The van der Waals surface area contributed by atoms with Gasteiger partial charge in [-0.25, -0.2) is 4.39 Å². The van der Waals surface area contributed by atoms with Gasteiger partial charge in [0.25, 0.3) is 0 Å². The molecule has 1 aromatic carbocycles. The summed E-state index contributed by atoms with van der Waals surface area (Å²) in [4.78, 5) is 0. The lowest BCUT2D eigenvalue weighted by Crippen LogP contribution is -1.88. The van der Waals surface area contributed by atoms with Crippen LogP contribution in [0, 0.1) is 5.82 Å². The molecule has 0 fully saturated rings. The van der Waals surface area contributed by atoms with Crippen LogP contribution in [0.25, 0.3) is 11.0 Å². The molecule has 1 heterocycles. The first kappa shape index (κ1) is 8.30. The molecule has 0 saturated heterocycles. The van der Waals surface area contributed by atoms with E-state index in [9.17, 15) is 4.39 Å². The lowest BCUT2D eigenvalue weighted by Gasteiger charge is -2.04. The maximum atomic E-state index is 13.4. The summed E-state index contributed by atoms with van der Waals surface area (Å²) in [6, 6.07) is 5.11. The fourth-order valence-corrected chi connectivity index (χ4v) is 1.38. The van der Waals surface area contributed by atoms with E-state index in [1.165, 1.54) is 6.26 Å². The highest BCUT2D eigenvalue weighted by molar-refractivity contribution is 5.78. The van der Waals surface area contributed by atoms with Crippen molar-refractivity contribution < 1.29 is 8.81 Å². The van der Waals surface area contributed by atoms with Gasteiger partial charge >= 0.3 is 0 Å². The number of fused-ring (bicyclic) bond motifs is 1. The second-order valence-corrected chi connectivity index (χ2v) is 3.49. The number of hydrogen-bond donors (Lipinski definition) is 0. The molecule has 0 bridgehead atoms. The Morgan fingerprint density at radius 1 is 1.31 bits per heavy atom. The lowest BCUT2D eigenvalue weighted by molar-refractivity contribution is 0.607. The zero-order valence-corrected chi connectivity index (χ0v) is 7.67. The molecular weight excluding hydrogens is 167 g/mol. The molecule has 68 valence electrons. The topological polar surface area (TPSA) is 13.1 Å². The number of rotatable bonds is 1. The third-order valence-corrected chi connectivity index (χ3v) is 2.21. The second-order valence-electron chi connectivity index (χ2n) is 3.49. The molecular formula is C11H11FO. The van der Waals surface area contributed by atoms with E-state index in [-0.39, 0.29) is 5.82 Å². The Balaban J connectivity index is 2.70. The van der Waals surface area contributed by atoms with Crippen LogP contribution in [-0.2, 0) is 0 Å². The largest absolute Gasteiger partial charge is 0.464 e. The van der Waals surface area contributed by atoms with Gasteiger partial charge in [-0.05, 0) is 29.7 Å². The number of furan rings is 1. The third-order valence-electron chi connectivity index (χ3n) is 2.21. The van der Waals surface area contributed by atoms with E-state index in [0.717, 1.165) is 5.56 Å². The SMILES string of the molecule is CC(C)c1cc(F)c2ccoc2c1. The Bertz CT molecular complexity index is 429. The molecule has 0 spiro atoms. The van der Waals surface area contributed by atoms with Crippen molar-refractivity contribution in [3.8, 4) is 0 Å². The minimum absolute atomic E-state index is 0.199. The van der Waals surface area contributed by atoms with Gasteiger partial charge in [-0.1, -0.05) is 13.8 Å².